The zero-order valence-electron chi connectivity index (χ0n) is 20.2. The molecule has 38 heavy (non-hydrogen) atoms. The Morgan fingerprint density at radius 2 is 1.79 bits per heavy atom. The van der Waals surface area contributed by atoms with Crippen LogP contribution in [-0.4, -0.2) is 42.3 Å². The number of carbonyl (C=O) groups excluding carboxylic acids is 1. The first-order chi connectivity index (χ1) is 18.2. The molecule has 0 saturated carbocycles. The molecular weight excluding hydrogens is 510 g/mol. The Morgan fingerprint density at radius 1 is 1.05 bits per heavy atom. The van der Waals surface area contributed by atoms with Crippen LogP contribution in [0.4, 0.5) is 14.5 Å². The highest BCUT2D eigenvalue weighted by molar-refractivity contribution is 7.89. The molecule has 1 aliphatic heterocycles. The highest BCUT2D eigenvalue weighted by atomic mass is 32.2. The summed E-state index contributed by atoms with van der Waals surface area (Å²) in [6, 6.07) is 15.7. The van der Waals surface area contributed by atoms with Crippen LogP contribution in [0.5, 0.6) is 0 Å². The molecular formula is C28H24F2N4O3S. The molecule has 3 aromatic rings. The molecule has 1 fully saturated rings. The lowest BCUT2D eigenvalue weighted by Gasteiger charge is -2.45. The summed E-state index contributed by atoms with van der Waals surface area (Å²) in [4.78, 5) is 22.4. The fourth-order valence-electron chi connectivity index (χ4n) is 4.96. The second kappa shape index (κ2) is 10.0. The van der Waals surface area contributed by atoms with Crippen LogP contribution in [0.2, 0.25) is 0 Å². The highest BCUT2D eigenvalue weighted by Gasteiger charge is 2.51. The number of nitrogens with zero attached hydrogens (tertiary/aromatic N) is 3. The summed E-state index contributed by atoms with van der Waals surface area (Å²) in [5.41, 5.74) is 7.05. The number of fused-ring (bicyclic) bond motifs is 1. The van der Waals surface area contributed by atoms with E-state index in [1.165, 1.54) is 54.9 Å². The summed E-state index contributed by atoms with van der Waals surface area (Å²) < 4.78 is 56.1. The van der Waals surface area contributed by atoms with Crippen LogP contribution < -0.4 is 5.73 Å². The molecule has 2 aromatic carbocycles. The van der Waals surface area contributed by atoms with Crippen molar-refractivity contribution < 1.29 is 22.0 Å². The minimum Gasteiger partial charge on any atom is -0.404 e. The monoisotopic (exact) mass is 534 g/mol. The molecule has 2 aliphatic rings. The molecule has 0 amide bonds. The average molecular weight is 535 g/mol. The SMILES string of the molecule is NC=C1CC2(C(=O)c3ccccn3)CN(S(=O)(=O)c3ccccc3F)CCC2=CC1=Nc1ccc(F)cc1. The Kier molecular flexibility index (Phi) is 6.77. The number of halogens is 2. The molecule has 1 saturated heterocycles. The van der Waals surface area contributed by atoms with Gasteiger partial charge in [-0.25, -0.2) is 22.2 Å². The van der Waals surface area contributed by atoms with E-state index in [0.717, 1.165) is 10.4 Å². The second-order valence-electron chi connectivity index (χ2n) is 9.16. The van der Waals surface area contributed by atoms with Crippen LogP contribution in [0.3, 0.4) is 0 Å². The minimum absolute atomic E-state index is 0.0469. The van der Waals surface area contributed by atoms with Crippen LogP contribution in [0.1, 0.15) is 23.3 Å². The number of nitrogens with two attached hydrogens (primary N) is 1. The van der Waals surface area contributed by atoms with Gasteiger partial charge in [-0.3, -0.25) is 9.78 Å². The predicted molar refractivity (Wildman–Crippen MR) is 139 cm³/mol. The van der Waals surface area contributed by atoms with Crippen LogP contribution in [0, 0.1) is 17.0 Å². The van der Waals surface area contributed by atoms with E-state index in [0.29, 0.717) is 22.5 Å². The van der Waals surface area contributed by atoms with Gasteiger partial charge in [0.05, 0.1) is 16.8 Å². The summed E-state index contributed by atoms with van der Waals surface area (Å²) in [6.45, 7) is -0.169. The number of hydrogen-bond acceptors (Lipinski definition) is 6. The maximum Gasteiger partial charge on any atom is 0.246 e. The molecule has 1 atom stereocenters. The largest absolute Gasteiger partial charge is 0.404 e. The maximum absolute atomic E-state index is 14.5. The van der Waals surface area contributed by atoms with E-state index in [1.54, 1.807) is 24.3 Å². The quantitative estimate of drug-likeness (QED) is 0.483. The lowest BCUT2D eigenvalue weighted by molar-refractivity contribution is 0.0770. The van der Waals surface area contributed by atoms with Gasteiger partial charge in [0.25, 0.3) is 0 Å². The lowest BCUT2D eigenvalue weighted by Crippen LogP contribution is -2.53. The predicted octanol–water partition coefficient (Wildman–Crippen LogP) is 4.57. The van der Waals surface area contributed by atoms with E-state index in [2.05, 4.69) is 9.98 Å². The van der Waals surface area contributed by atoms with E-state index < -0.39 is 32.0 Å². The molecule has 5 rings (SSSR count). The first-order valence-electron chi connectivity index (χ1n) is 11.9. The van der Waals surface area contributed by atoms with Crippen molar-refractivity contribution in [3.05, 3.63) is 114 Å². The van der Waals surface area contributed by atoms with Gasteiger partial charge in [0.15, 0.2) is 5.78 Å². The molecule has 1 unspecified atom stereocenters. The standard InChI is InChI=1S/C28H24F2N4O3S/c29-21-8-10-22(11-9-21)33-25-15-20-12-14-34(38(36,37)26-7-2-1-5-23(26)30)18-28(20,16-19(25)17-31)27(35)24-6-3-4-13-32-24/h1-11,13,15,17H,12,14,16,18,31H2. The van der Waals surface area contributed by atoms with Gasteiger partial charge in [-0.2, -0.15) is 4.31 Å². The van der Waals surface area contributed by atoms with Crippen molar-refractivity contribution >= 4 is 27.2 Å². The molecule has 0 bridgehead atoms. The van der Waals surface area contributed by atoms with Gasteiger partial charge in [-0.15, -0.1) is 0 Å². The van der Waals surface area contributed by atoms with E-state index in [-0.39, 0.29) is 37.4 Å². The molecule has 2 heterocycles. The second-order valence-corrected chi connectivity index (χ2v) is 11.1. The number of Topliss-reactive ketones (excluding diaryl/α,β-unsaturated/α-hetero) is 1. The van der Waals surface area contributed by atoms with Gasteiger partial charge in [0, 0.05) is 19.3 Å². The zero-order valence-corrected chi connectivity index (χ0v) is 21.0. The number of aromatic nitrogens is 1. The number of carbonyl (C=O) groups is 1. The lowest BCUT2D eigenvalue weighted by atomic mass is 9.64. The normalized spacial score (nSPS) is 22.2. The van der Waals surface area contributed by atoms with Crippen molar-refractivity contribution in [3.63, 3.8) is 0 Å². The first kappa shape index (κ1) is 25.6. The number of sulfonamides is 1. The number of piperidine rings is 1. The topological polar surface area (TPSA) is 106 Å². The third-order valence-electron chi connectivity index (χ3n) is 6.89. The van der Waals surface area contributed by atoms with E-state index >= 15 is 0 Å². The van der Waals surface area contributed by atoms with Gasteiger partial charge in [-0.05, 0) is 79.2 Å². The van der Waals surface area contributed by atoms with Crippen LogP contribution in [0.15, 0.2) is 106 Å². The molecule has 10 heteroatoms. The van der Waals surface area contributed by atoms with Crippen molar-refractivity contribution in [3.8, 4) is 0 Å². The van der Waals surface area contributed by atoms with E-state index in [1.807, 2.05) is 0 Å². The third kappa shape index (κ3) is 4.57. The summed E-state index contributed by atoms with van der Waals surface area (Å²) in [7, 11) is -4.25. The number of rotatable bonds is 5. The molecule has 1 aromatic heterocycles. The van der Waals surface area contributed by atoms with Crippen molar-refractivity contribution in [2.45, 2.75) is 17.7 Å². The summed E-state index contributed by atoms with van der Waals surface area (Å²) >= 11 is 0. The van der Waals surface area contributed by atoms with Gasteiger partial charge >= 0.3 is 0 Å². The average Bonchev–Trinajstić information content (AvgIpc) is 2.93. The molecule has 7 nitrogen and oxygen atoms in total. The van der Waals surface area contributed by atoms with Crippen LogP contribution in [-0.2, 0) is 10.0 Å². The fourth-order valence-corrected chi connectivity index (χ4v) is 6.53. The maximum atomic E-state index is 14.5. The van der Waals surface area contributed by atoms with Crippen LogP contribution in [0.25, 0.3) is 0 Å². The minimum atomic E-state index is -4.25. The van der Waals surface area contributed by atoms with Crippen molar-refractivity contribution in [2.24, 2.45) is 16.1 Å². The number of aliphatic imine (C=N–C) groups is 1. The van der Waals surface area contributed by atoms with E-state index in [9.17, 15) is 22.0 Å². The van der Waals surface area contributed by atoms with Crippen molar-refractivity contribution in [1.29, 1.82) is 0 Å². The van der Waals surface area contributed by atoms with Crippen LogP contribution >= 0.6 is 0 Å². The Balaban J connectivity index is 1.63. The molecule has 0 radical (unpaired) electrons. The molecule has 1 aliphatic carbocycles. The first-order valence-corrected chi connectivity index (χ1v) is 13.4. The summed E-state index contributed by atoms with van der Waals surface area (Å²) in [5.74, 6) is -1.62. The molecule has 194 valence electrons. The Hall–Kier alpha value is -4.02. The van der Waals surface area contributed by atoms with Gasteiger partial charge in [0.1, 0.15) is 22.2 Å². The smallest absolute Gasteiger partial charge is 0.246 e. The fraction of sp³-hybridized carbons (Fsp3) is 0.179. The number of allylic oxidation sites excluding steroid dienone is 2. The van der Waals surface area contributed by atoms with Gasteiger partial charge in [-0.1, -0.05) is 23.8 Å². The van der Waals surface area contributed by atoms with Gasteiger partial charge in [0.2, 0.25) is 10.0 Å². The Morgan fingerprint density at radius 3 is 2.47 bits per heavy atom. The number of benzene rings is 2. The molecule has 2 N–H and O–H groups in total. The summed E-state index contributed by atoms with van der Waals surface area (Å²) in [5, 5.41) is 0. The van der Waals surface area contributed by atoms with Gasteiger partial charge < -0.3 is 5.73 Å². The Bertz CT molecular complexity index is 1590. The number of ketones is 1. The number of pyridine rings is 1. The molecule has 0 spiro atoms. The van der Waals surface area contributed by atoms with Crippen molar-refractivity contribution in [2.75, 3.05) is 13.1 Å². The zero-order chi connectivity index (χ0) is 26.9. The van der Waals surface area contributed by atoms with Crippen molar-refractivity contribution in [1.82, 2.24) is 9.29 Å². The number of hydrogen-bond donors (Lipinski definition) is 1. The summed E-state index contributed by atoms with van der Waals surface area (Å²) in [6.07, 6.45) is 4.86. The third-order valence-corrected chi connectivity index (χ3v) is 8.77. The Labute approximate surface area is 219 Å². The van der Waals surface area contributed by atoms with E-state index in [4.69, 9.17) is 5.73 Å². The highest BCUT2D eigenvalue weighted by Crippen LogP contribution is 2.47.